The molecule has 1 aliphatic heterocycles. The summed E-state index contributed by atoms with van der Waals surface area (Å²) in [5.41, 5.74) is 2.72. The van der Waals surface area contributed by atoms with E-state index in [4.69, 9.17) is 0 Å². The Morgan fingerprint density at radius 1 is 1.28 bits per heavy atom. The van der Waals surface area contributed by atoms with E-state index in [9.17, 15) is 4.79 Å². The summed E-state index contributed by atoms with van der Waals surface area (Å²) < 4.78 is 0. The first kappa shape index (κ1) is 18.5. The van der Waals surface area contributed by atoms with Gasteiger partial charge in [0.15, 0.2) is 0 Å². The van der Waals surface area contributed by atoms with Crippen LogP contribution in [0.25, 0.3) is 0 Å². The minimum atomic E-state index is 0.0179. The molecule has 134 valence electrons. The van der Waals surface area contributed by atoms with Gasteiger partial charge in [-0.25, -0.2) is 0 Å². The molecule has 1 aromatic heterocycles. The maximum absolute atomic E-state index is 12.1. The first-order valence-electron chi connectivity index (χ1n) is 8.79. The van der Waals surface area contributed by atoms with Crippen LogP contribution in [0.3, 0.4) is 0 Å². The van der Waals surface area contributed by atoms with Gasteiger partial charge >= 0.3 is 0 Å². The molecule has 0 saturated carbocycles. The first-order chi connectivity index (χ1) is 12.1. The molecule has 3 nitrogen and oxygen atoms in total. The van der Waals surface area contributed by atoms with Gasteiger partial charge < -0.3 is 5.32 Å². The normalized spacial score (nSPS) is 15.8. The summed E-state index contributed by atoms with van der Waals surface area (Å²) in [5.74, 6) is 0.142. The van der Waals surface area contributed by atoms with E-state index in [-0.39, 0.29) is 17.9 Å². The van der Waals surface area contributed by atoms with Crippen molar-refractivity contribution in [2.45, 2.75) is 37.8 Å². The summed E-state index contributed by atoms with van der Waals surface area (Å²) in [6.07, 6.45) is 3.20. The molecule has 0 saturated heterocycles. The number of thiophene rings is 1. The molecule has 0 aliphatic carbocycles. The number of nitrogens with one attached hydrogen (secondary N) is 1. The van der Waals surface area contributed by atoms with Crippen LogP contribution in [0, 0.1) is 5.92 Å². The lowest BCUT2D eigenvalue weighted by molar-refractivity contribution is -0.124. The van der Waals surface area contributed by atoms with Crippen molar-refractivity contribution in [3.8, 4) is 0 Å². The third-order valence-corrected chi connectivity index (χ3v) is 6.54. The number of amides is 1. The van der Waals surface area contributed by atoms with Gasteiger partial charge in [-0.2, -0.15) is 0 Å². The third-order valence-electron chi connectivity index (χ3n) is 4.77. The van der Waals surface area contributed by atoms with Crippen molar-refractivity contribution < 1.29 is 4.79 Å². The molecule has 25 heavy (non-hydrogen) atoms. The SMILES string of the molecule is CSc1ccc([C@H](CNC(=O)C(C)C)N2CCc3sccc3C2)cc1. The Morgan fingerprint density at radius 2 is 2.04 bits per heavy atom. The minimum Gasteiger partial charge on any atom is -0.354 e. The lowest BCUT2D eigenvalue weighted by Crippen LogP contribution is -2.41. The molecule has 5 heteroatoms. The predicted molar refractivity (Wildman–Crippen MR) is 107 cm³/mol. The predicted octanol–water partition coefficient (Wildman–Crippen LogP) is 4.34. The Bertz CT molecular complexity index is 709. The molecule has 0 spiro atoms. The minimum absolute atomic E-state index is 0.0179. The zero-order valence-corrected chi connectivity index (χ0v) is 16.8. The number of carbonyl (C=O) groups excluding carboxylic acids is 1. The summed E-state index contributed by atoms with van der Waals surface area (Å²) in [6.45, 7) is 6.55. The molecule has 2 aromatic rings. The van der Waals surface area contributed by atoms with Crippen LogP contribution in [-0.4, -0.2) is 30.2 Å². The van der Waals surface area contributed by atoms with Crippen LogP contribution < -0.4 is 5.32 Å². The van der Waals surface area contributed by atoms with Gasteiger partial charge in [-0.3, -0.25) is 9.69 Å². The van der Waals surface area contributed by atoms with Crippen LogP contribution in [0.1, 0.15) is 35.9 Å². The number of fused-ring (bicyclic) bond motifs is 1. The van der Waals surface area contributed by atoms with Crippen molar-refractivity contribution in [3.05, 3.63) is 51.7 Å². The van der Waals surface area contributed by atoms with Gasteiger partial charge in [-0.05, 0) is 47.4 Å². The van der Waals surface area contributed by atoms with E-state index in [1.165, 1.54) is 20.9 Å². The Hall–Kier alpha value is -1.30. The largest absolute Gasteiger partial charge is 0.354 e. The zero-order valence-electron chi connectivity index (χ0n) is 15.1. The monoisotopic (exact) mass is 374 g/mol. The second-order valence-corrected chi connectivity index (χ2v) is 8.66. The Labute approximate surface area is 158 Å². The van der Waals surface area contributed by atoms with Crippen LogP contribution >= 0.6 is 23.1 Å². The second-order valence-electron chi connectivity index (χ2n) is 6.78. The third kappa shape index (κ3) is 4.46. The lowest BCUT2D eigenvalue weighted by Gasteiger charge is -2.35. The maximum Gasteiger partial charge on any atom is 0.222 e. The fraction of sp³-hybridized carbons (Fsp3) is 0.450. The molecule has 1 atom stereocenters. The van der Waals surface area contributed by atoms with E-state index < -0.39 is 0 Å². The van der Waals surface area contributed by atoms with Gasteiger partial charge in [0.1, 0.15) is 0 Å². The molecular formula is C20H26N2OS2. The molecule has 0 fully saturated rings. The molecule has 0 bridgehead atoms. The molecule has 3 rings (SSSR count). The summed E-state index contributed by atoms with van der Waals surface area (Å²) in [5, 5.41) is 5.33. The Kier molecular flexibility index (Phi) is 6.20. The van der Waals surface area contributed by atoms with Gasteiger partial charge in [-0.1, -0.05) is 26.0 Å². The standard InChI is InChI=1S/C20H26N2OS2/c1-14(2)20(23)21-12-18(15-4-6-17(24-3)7-5-15)22-10-8-19-16(13-22)9-11-25-19/h4-7,9,11,14,18H,8,10,12-13H2,1-3H3,(H,21,23)/t18-/m0/s1. The van der Waals surface area contributed by atoms with E-state index in [0.29, 0.717) is 6.54 Å². The molecule has 0 radical (unpaired) electrons. The van der Waals surface area contributed by atoms with Gasteiger partial charge in [0.05, 0.1) is 6.04 Å². The fourth-order valence-electron chi connectivity index (χ4n) is 3.22. The molecule has 1 amide bonds. The van der Waals surface area contributed by atoms with E-state index in [1.807, 2.05) is 25.2 Å². The van der Waals surface area contributed by atoms with Gasteiger partial charge in [0, 0.05) is 35.3 Å². The first-order valence-corrected chi connectivity index (χ1v) is 10.9. The van der Waals surface area contributed by atoms with Crippen molar-refractivity contribution in [1.82, 2.24) is 10.2 Å². The summed E-state index contributed by atoms with van der Waals surface area (Å²) in [6, 6.07) is 11.2. The number of hydrogen-bond acceptors (Lipinski definition) is 4. The van der Waals surface area contributed by atoms with Crippen molar-refractivity contribution >= 4 is 29.0 Å². The molecule has 2 heterocycles. The maximum atomic E-state index is 12.1. The van der Waals surface area contributed by atoms with Gasteiger partial charge in [-0.15, -0.1) is 23.1 Å². The van der Waals surface area contributed by atoms with Crippen LogP contribution in [0.4, 0.5) is 0 Å². The molecule has 1 aromatic carbocycles. The number of thioether (sulfide) groups is 1. The van der Waals surface area contributed by atoms with E-state index in [0.717, 1.165) is 19.5 Å². The highest BCUT2D eigenvalue weighted by Gasteiger charge is 2.26. The van der Waals surface area contributed by atoms with Crippen molar-refractivity contribution in [3.63, 3.8) is 0 Å². The molecule has 0 unspecified atom stereocenters. The van der Waals surface area contributed by atoms with Crippen LogP contribution in [0.2, 0.25) is 0 Å². The highest BCUT2D eigenvalue weighted by atomic mass is 32.2. The van der Waals surface area contributed by atoms with E-state index in [1.54, 1.807) is 11.8 Å². The van der Waals surface area contributed by atoms with Crippen LogP contribution in [0.5, 0.6) is 0 Å². The van der Waals surface area contributed by atoms with Crippen molar-refractivity contribution in [2.24, 2.45) is 5.92 Å². The van der Waals surface area contributed by atoms with Crippen LogP contribution in [0.15, 0.2) is 40.6 Å². The van der Waals surface area contributed by atoms with Crippen molar-refractivity contribution in [1.29, 1.82) is 0 Å². The zero-order chi connectivity index (χ0) is 17.8. The summed E-state index contributed by atoms with van der Waals surface area (Å²) in [7, 11) is 0. The number of carbonyl (C=O) groups is 1. The topological polar surface area (TPSA) is 32.3 Å². The average Bonchev–Trinajstić information content (AvgIpc) is 3.10. The molecule has 1 N–H and O–H groups in total. The summed E-state index contributed by atoms with van der Waals surface area (Å²) >= 11 is 3.62. The number of benzene rings is 1. The number of hydrogen-bond donors (Lipinski definition) is 1. The highest BCUT2D eigenvalue weighted by Crippen LogP contribution is 2.31. The van der Waals surface area contributed by atoms with E-state index >= 15 is 0 Å². The highest BCUT2D eigenvalue weighted by molar-refractivity contribution is 7.98. The molecule has 1 aliphatic rings. The van der Waals surface area contributed by atoms with Crippen molar-refractivity contribution in [2.75, 3.05) is 19.3 Å². The molecular weight excluding hydrogens is 348 g/mol. The van der Waals surface area contributed by atoms with Gasteiger partial charge in [0.25, 0.3) is 0 Å². The Balaban J connectivity index is 1.79. The Morgan fingerprint density at radius 3 is 2.72 bits per heavy atom. The lowest BCUT2D eigenvalue weighted by atomic mass is 10.0. The van der Waals surface area contributed by atoms with Crippen LogP contribution in [-0.2, 0) is 17.8 Å². The second kappa shape index (κ2) is 8.39. The quantitative estimate of drug-likeness (QED) is 0.763. The van der Waals surface area contributed by atoms with E-state index in [2.05, 4.69) is 52.2 Å². The summed E-state index contributed by atoms with van der Waals surface area (Å²) in [4.78, 5) is 17.4. The number of rotatable bonds is 6. The smallest absolute Gasteiger partial charge is 0.222 e. The van der Waals surface area contributed by atoms with Gasteiger partial charge in [0.2, 0.25) is 5.91 Å². The fourth-order valence-corrected chi connectivity index (χ4v) is 4.52. The average molecular weight is 375 g/mol. The number of nitrogens with zero attached hydrogens (tertiary/aromatic N) is 1.